The fourth-order valence-corrected chi connectivity index (χ4v) is 7.26. The summed E-state index contributed by atoms with van der Waals surface area (Å²) in [5.74, 6) is 2.18. The summed E-state index contributed by atoms with van der Waals surface area (Å²) >= 11 is 0. The van der Waals surface area contributed by atoms with E-state index >= 15 is 0 Å². The summed E-state index contributed by atoms with van der Waals surface area (Å²) in [5, 5.41) is 20.6. The first-order valence-electron chi connectivity index (χ1n) is 11.6. The maximum atomic E-state index is 11.5. The lowest BCUT2D eigenvalue weighted by molar-refractivity contribution is -0.384. The Morgan fingerprint density at radius 3 is 2.25 bits per heavy atom. The number of fused-ring (bicyclic) bond motifs is 9. The van der Waals surface area contributed by atoms with Crippen molar-refractivity contribution in [1.82, 2.24) is 0 Å². The van der Waals surface area contributed by atoms with Crippen molar-refractivity contribution in [2.45, 2.75) is 31.2 Å². The van der Waals surface area contributed by atoms with Gasteiger partial charge < -0.3 is 5.32 Å². The molecule has 158 valence electrons. The van der Waals surface area contributed by atoms with E-state index in [1.807, 2.05) is 12.1 Å². The average Bonchev–Trinajstić information content (AvgIpc) is 3.44. The molecule has 2 saturated carbocycles. The van der Waals surface area contributed by atoms with E-state index < -0.39 is 0 Å². The van der Waals surface area contributed by atoms with Gasteiger partial charge >= 0.3 is 0 Å². The lowest BCUT2D eigenvalue weighted by Gasteiger charge is -2.44. The summed E-state index contributed by atoms with van der Waals surface area (Å²) in [6.07, 6.45) is 3.77. The number of nitrogens with one attached hydrogen (secondary N) is 1. The van der Waals surface area contributed by atoms with Crippen molar-refractivity contribution in [2.75, 3.05) is 5.32 Å². The van der Waals surface area contributed by atoms with E-state index in [4.69, 9.17) is 0 Å². The van der Waals surface area contributed by atoms with Gasteiger partial charge in [0.05, 0.1) is 11.0 Å². The van der Waals surface area contributed by atoms with Crippen LogP contribution in [-0.4, -0.2) is 4.92 Å². The standard InChI is InChI=1S/C28H24N2O2/c31-30(32)20-11-12-24-23(15-20)25-18-9-10-19(14-18)26(25)28(29-24)27-21-7-3-1-5-16(21)13-17-6-2-4-8-22(17)27/h1-8,11-13,15,18-19,25-26,28-29H,9-10,14H2/t18-,19-,25-,26-,28-/m0/s1. The van der Waals surface area contributed by atoms with E-state index in [9.17, 15) is 10.1 Å². The van der Waals surface area contributed by atoms with Crippen LogP contribution < -0.4 is 5.32 Å². The lowest BCUT2D eigenvalue weighted by Crippen LogP contribution is -2.35. The molecule has 4 aromatic carbocycles. The highest BCUT2D eigenvalue weighted by atomic mass is 16.6. The smallest absolute Gasteiger partial charge is 0.269 e. The molecule has 4 heteroatoms. The molecule has 4 aromatic rings. The normalized spacial score (nSPS) is 27.8. The third-order valence-electron chi connectivity index (χ3n) is 8.41. The first kappa shape index (κ1) is 18.2. The molecule has 1 heterocycles. The second-order valence-corrected chi connectivity index (χ2v) is 9.82. The van der Waals surface area contributed by atoms with E-state index in [1.54, 1.807) is 6.07 Å². The number of hydrogen-bond donors (Lipinski definition) is 1. The van der Waals surface area contributed by atoms with E-state index in [0.717, 1.165) is 11.3 Å². The van der Waals surface area contributed by atoms with Crippen LogP contribution >= 0.6 is 0 Å². The van der Waals surface area contributed by atoms with Gasteiger partial charge in [-0.1, -0.05) is 48.5 Å². The zero-order valence-electron chi connectivity index (χ0n) is 17.7. The lowest BCUT2D eigenvalue weighted by atomic mass is 9.67. The van der Waals surface area contributed by atoms with Crippen LogP contribution in [0, 0.1) is 27.9 Å². The van der Waals surface area contributed by atoms with Crippen LogP contribution in [0.3, 0.4) is 0 Å². The molecule has 0 amide bonds. The molecule has 0 unspecified atom stereocenters. The maximum absolute atomic E-state index is 11.5. The molecular weight excluding hydrogens is 396 g/mol. The van der Waals surface area contributed by atoms with Crippen LogP contribution in [0.4, 0.5) is 11.4 Å². The fraction of sp³-hybridized carbons (Fsp3) is 0.286. The van der Waals surface area contributed by atoms with E-state index in [2.05, 4.69) is 59.9 Å². The van der Waals surface area contributed by atoms with Crippen LogP contribution in [0.1, 0.15) is 42.3 Å². The molecule has 0 spiro atoms. The highest BCUT2D eigenvalue weighted by Crippen LogP contribution is 2.64. The molecule has 2 bridgehead atoms. The fourth-order valence-electron chi connectivity index (χ4n) is 7.26. The SMILES string of the molecule is O=[N+]([O-])c1ccc2c(c1)[C@@H]1[C@H]3CC[C@@H](C3)[C@@H]1[C@@H](c1c3ccccc3cc3ccccc13)N2. The summed E-state index contributed by atoms with van der Waals surface area (Å²) < 4.78 is 0. The summed E-state index contributed by atoms with van der Waals surface area (Å²) in [4.78, 5) is 11.2. The third kappa shape index (κ3) is 2.44. The van der Waals surface area contributed by atoms with Gasteiger partial charge in [-0.25, -0.2) is 0 Å². The number of nitrogens with zero attached hydrogens (tertiary/aromatic N) is 1. The Bertz CT molecular complexity index is 1360. The van der Waals surface area contributed by atoms with Crippen LogP contribution in [0.15, 0.2) is 72.8 Å². The van der Waals surface area contributed by atoms with E-state index in [1.165, 1.54) is 46.4 Å². The average molecular weight is 421 g/mol. The second kappa shape index (κ2) is 6.55. The van der Waals surface area contributed by atoms with Gasteiger partial charge in [0, 0.05) is 17.8 Å². The van der Waals surface area contributed by atoms with Crippen LogP contribution in [0.25, 0.3) is 21.5 Å². The molecular formula is C28H24N2O2. The zero-order valence-corrected chi connectivity index (χ0v) is 17.7. The van der Waals surface area contributed by atoms with Gasteiger partial charge in [-0.05, 0) is 87.7 Å². The number of rotatable bonds is 2. The molecule has 1 aliphatic heterocycles. The first-order valence-corrected chi connectivity index (χ1v) is 11.6. The molecule has 1 N–H and O–H groups in total. The zero-order chi connectivity index (χ0) is 21.4. The van der Waals surface area contributed by atoms with Crippen molar-refractivity contribution < 1.29 is 4.92 Å². The van der Waals surface area contributed by atoms with Gasteiger partial charge in [-0.2, -0.15) is 0 Å². The number of nitro benzene ring substituents is 1. The van der Waals surface area contributed by atoms with Gasteiger partial charge in [-0.15, -0.1) is 0 Å². The predicted molar refractivity (Wildman–Crippen MR) is 128 cm³/mol. The first-order chi connectivity index (χ1) is 15.7. The van der Waals surface area contributed by atoms with Crippen molar-refractivity contribution in [2.24, 2.45) is 17.8 Å². The molecule has 0 radical (unpaired) electrons. The minimum Gasteiger partial charge on any atom is -0.378 e. The number of nitro groups is 1. The van der Waals surface area contributed by atoms with Crippen LogP contribution in [0.5, 0.6) is 0 Å². The number of non-ortho nitro benzene ring substituents is 1. The topological polar surface area (TPSA) is 55.2 Å². The molecule has 0 aromatic heterocycles. The summed E-state index contributed by atoms with van der Waals surface area (Å²) in [7, 11) is 0. The monoisotopic (exact) mass is 420 g/mol. The Kier molecular flexibility index (Phi) is 3.73. The molecule has 7 rings (SSSR count). The molecule has 3 aliphatic rings. The molecule has 4 nitrogen and oxygen atoms in total. The van der Waals surface area contributed by atoms with Gasteiger partial charge in [0.15, 0.2) is 0 Å². The van der Waals surface area contributed by atoms with Crippen molar-refractivity contribution >= 4 is 32.9 Å². The van der Waals surface area contributed by atoms with Crippen molar-refractivity contribution in [1.29, 1.82) is 0 Å². The van der Waals surface area contributed by atoms with Crippen molar-refractivity contribution in [3.8, 4) is 0 Å². The summed E-state index contributed by atoms with van der Waals surface area (Å²) in [6, 6.07) is 25.4. The largest absolute Gasteiger partial charge is 0.378 e. The second-order valence-electron chi connectivity index (χ2n) is 9.82. The summed E-state index contributed by atoms with van der Waals surface area (Å²) in [6.45, 7) is 0. The highest BCUT2D eigenvalue weighted by Gasteiger charge is 2.54. The Morgan fingerprint density at radius 2 is 1.53 bits per heavy atom. The molecule has 2 aliphatic carbocycles. The van der Waals surface area contributed by atoms with E-state index in [0.29, 0.717) is 23.7 Å². The Hall–Kier alpha value is -3.40. The Morgan fingerprint density at radius 1 is 0.844 bits per heavy atom. The van der Waals surface area contributed by atoms with Gasteiger partial charge in [0.25, 0.3) is 5.69 Å². The minimum absolute atomic E-state index is 0.209. The molecule has 2 fully saturated rings. The van der Waals surface area contributed by atoms with Gasteiger partial charge in [-0.3, -0.25) is 10.1 Å². The minimum atomic E-state index is -0.257. The number of hydrogen-bond acceptors (Lipinski definition) is 3. The highest BCUT2D eigenvalue weighted by molar-refractivity contribution is 6.03. The van der Waals surface area contributed by atoms with Crippen molar-refractivity contribution in [3.63, 3.8) is 0 Å². The Balaban J connectivity index is 1.50. The van der Waals surface area contributed by atoms with Crippen molar-refractivity contribution in [3.05, 3.63) is 94.0 Å². The van der Waals surface area contributed by atoms with E-state index in [-0.39, 0.29) is 16.7 Å². The quantitative estimate of drug-likeness (QED) is 0.212. The molecule has 0 saturated heterocycles. The number of anilines is 1. The number of benzene rings is 4. The molecule has 32 heavy (non-hydrogen) atoms. The predicted octanol–water partition coefficient (Wildman–Crippen LogP) is 7.20. The molecule has 5 atom stereocenters. The Labute approximate surface area is 186 Å². The van der Waals surface area contributed by atoms with Gasteiger partial charge in [0.2, 0.25) is 0 Å². The third-order valence-corrected chi connectivity index (χ3v) is 8.41. The maximum Gasteiger partial charge on any atom is 0.269 e. The van der Waals surface area contributed by atoms with Gasteiger partial charge in [0.1, 0.15) is 0 Å². The van der Waals surface area contributed by atoms with Crippen LogP contribution in [-0.2, 0) is 0 Å². The van der Waals surface area contributed by atoms with Crippen LogP contribution in [0.2, 0.25) is 0 Å². The summed E-state index contributed by atoms with van der Waals surface area (Å²) in [5.41, 5.74) is 3.84.